The molecular formula is C30H45BO. The third-order valence-electron chi connectivity index (χ3n) is 11.0. The van der Waals surface area contributed by atoms with Gasteiger partial charge in [-0.1, -0.05) is 90.8 Å². The topological polar surface area (TPSA) is 9.23 Å². The molecule has 0 amide bonds. The number of hydrogen-bond acceptors (Lipinski definition) is 1. The highest BCUT2D eigenvalue weighted by atomic mass is 16.5. The van der Waals surface area contributed by atoms with Crippen LogP contribution in [0, 0.1) is 46.3 Å². The fourth-order valence-electron chi connectivity index (χ4n) is 9.18. The van der Waals surface area contributed by atoms with Gasteiger partial charge in [0.25, 0.3) is 0 Å². The molecule has 0 aliphatic heterocycles. The zero-order chi connectivity index (χ0) is 22.8. The second-order valence-electron chi connectivity index (χ2n) is 13.4. The maximum absolute atomic E-state index is 6.15. The quantitative estimate of drug-likeness (QED) is 0.311. The molecule has 8 atom stereocenters. The molecule has 4 aliphatic carbocycles. The first-order valence-electron chi connectivity index (χ1n) is 13.5. The van der Waals surface area contributed by atoms with Gasteiger partial charge in [0.1, 0.15) is 12.4 Å². The van der Waals surface area contributed by atoms with Crippen molar-refractivity contribution in [2.24, 2.45) is 46.3 Å². The molecule has 32 heavy (non-hydrogen) atoms. The summed E-state index contributed by atoms with van der Waals surface area (Å²) in [6, 6.07) is 10.3. The summed E-state index contributed by atoms with van der Waals surface area (Å²) in [5.41, 5.74) is 2.40. The average molecular weight is 433 g/mol. The lowest BCUT2D eigenvalue weighted by Crippen LogP contribution is -2.40. The molecule has 0 N–H and O–H groups in total. The average Bonchev–Trinajstić information content (AvgIpc) is 3.53. The van der Waals surface area contributed by atoms with Crippen molar-refractivity contribution in [1.82, 2.24) is 0 Å². The monoisotopic (exact) mass is 432 g/mol. The minimum absolute atomic E-state index is 0.548. The SMILES string of the molecule is C=C(COc1ccccc1)CB([C@@H]1[C@@H]2[C@H](CC[C@H]1C)C2(C)C)[C@@H]1[C@@H]2[C@H](CC[C@H]1C)C2(C)C. The first kappa shape index (κ1) is 22.6. The summed E-state index contributed by atoms with van der Waals surface area (Å²) in [5, 5.41) is 0. The van der Waals surface area contributed by atoms with Gasteiger partial charge in [-0.3, -0.25) is 0 Å². The van der Waals surface area contributed by atoms with E-state index in [1.165, 1.54) is 31.3 Å². The Kier molecular flexibility index (Phi) is 5.62. The van der Waals surface area contributed by atoms with Gasteiger partial charge in [0.15, 0.2) is 6.71 Å². The fraction of sp³-hybridized carbons (Fsp3) is 0.733. The highest BCUT2D eigenvalue weighted by molar-refractivity contribution is 6.63. The van der Waals surface area contributed by atoms with Crippen LogP contribution in [0.5, 0.6) is 5.75 Å². The van der Waals surface area contributed by atoms with Crippen molar-refractivity contribution in [2.75, 3.05) is 6.61 Å². The largest absolute Gasteiger partial charge is 0.489 e. The molecular weight excluding hydrogens is 387 g/mol. The highest BCUT2D eigenvalue weighted by Crippen LogP contribution is 2.76. The Balaban J connectivity index is 1.40. The van der Waals surface area contributed by atoms with E-state index in [0.717, 1.165) is 65.9 Å². The van der Waals surface area contributed by atoms with Crippen LogP contribution in [0.25, 0.3) is 0 Å². The normalized spacial score (nSPS) is 40.6. The lowest BCUT2D eigenvalue weighted by molar-refractivity contribution is 0.324. The van der Waals surface area contributed by atoms with Crippen molar-refractivity contribution in [1.29, 1.82) is 0 Å². The summed E-state index contributed by atoms with van der Waals surface area (Å²) in [6.45, 7) is 21.4. The molecule has 2 heteroatoms. The van der Waals surface area contributed by atoms with Crippen molar-refractivity contribution in [3.05, 3.63) is 42.5 Å². The summed E-state index contributed by atoms with van der Waals surface area (Å²) >= 11 is 0. The van der Waals surface area contributed by atoms with Gasteiger partial charge in [-0.25, -0.2) is 0 Å². The van der Waals surface area contributed by atoms with Crippen molar-refractivity contribution < 1.29 is 4.74 Å². The minimum Gasteiger partial charge on any atom is -0.489 e. The van der Waals surface area contributed by atoms with Crippen LogP contribution in [-0.4, -0.2) is 13.3 Å². The molecule has 0 heterocycles. The molecule has 4 fully saturated rings. The summed E-state index contributed by atoms with van der Waals surface area (Å²) in [5.74, 6) is 8.15. The molecule has 0 unspecified atom stereocenters. The zero-order valence-corrected chi connectivity index (χ0v) is 21.4. The third-order valence-corrected chi connectivity index (χ3v) is 11.0. The summed E-state index contributed by atoms with van der Waals surface area (Å²) < 4.78 is 6.15. The second kappa shape index (κ2) is 7.95. The summed E-state index contributed by atoms with van der Waals surface area (Å²) in [6.07, 6.45) is 6.93. The molecule has 0 spiro atoms. The predicted octanol–water partition coefficient (Wildman–Crippen LogP) is 8.26. The highest BCUT2D eigenvalue weighted by Gasteiger charge is 2.69. The van der Waals surface area contributed by atoms with Gasteiger partial charge in [-0.15, -0.1) is 0 Å². The number of ether oxygens (including phenoxy) is 1. The first-order chi connectivity index (χ1) is 15.1. The van der Waals surface area contributed by atoms with E-state index < -0.39 is 0 Å². The van der Waals surface area contributed by atoms with Gasteiger partial charge in [0.05, 0.1) is 0 Å². The van der Waals surface area contributed by atoms with Crippen molar-refractivity contribution in [2.45, 2.75) is 85.2 Å². The lowest BCUT2D eigenvalue weighted by Gasteiger charge is -2.42. The molecule has 0 bridgehead atoms. The first-order valence-corrected chi connectivity index (χ1v) is 13.5. The molecule has 1 aromatic carbocycles. The van der Waals surface area contributed by atoms with E-state index >= 15 is 0 Å². The molecule has 0 saturated heterocycles. The van der Waals surface area contributed by atoms with Crippen LogP contribution in [0.3, 0.4) is 0 Å². The molecule has 0 radical (unpaired) electrons. The maximum Gasteiger partial charge on any atom is 0.151 e. The van der Waals surface area contributed by atoms with E-state index in [1.807, 2.05) is 6.07 Å². The Hall–Kier alpha value is -1.18. The van der Waals surface area contributed by atoms with Crippen LogP contribution in [0.15, 0.2) is 42.5 Å². The molecule has 174 valence electrons. The van der Waals surface area contributed by atoms with E-state index in [2.05, 4.69) is 72.4 Å². The van der Waals surface area contributed by atoms with Gasteiger partial charge in [0.2, 0.25) is 0 Å². The number of para-hydroxylation sites is 1. The molecule has 0 aromatic heterocycles. The summed E-state index contributed by atoms with van der Waals surface area (Å²) in [4.78, 5) is 0. The van der Waals surface area contributed by atoms with Gasteiger partial charge in [0, 0.05) is 0 Å². The van der Waals surface area contributed by atoms with Crippen LogP contribution in [0.1, 0.15) is 67.2 Å². The molecule has 1 nitrogen and oxygen atoms in total. The van der Waals surface area contributed by atoms with E-state index in [9.17, 15) is 0 Å². The Morgan fingerprint density at radius 3 is 1.88 bits per heavy atom. The Morgan fingerprint density at radius 2 is 1.38 bits per heavy atom. The number of hydrogen-bond donors (Lipinski definition) is 0. The van der Waals surface area contributed by atoms with Crippen LogP contribution in [-0.2, 0) is 0 Å². The van der Waals surface area contributed by atoms with Crippen LogP contribution < -0.4 is 4.74 Å². The minimum atomic E-state index is 0.548. The van der Waals surface area contributed by atoms with E-state index in [0.29, 0.717) is 17.4 Å². The van der Waals surface area contributed by atoms with Crippen molar-refractivity contribution in [3.8, 4) is 5.75 Å². The second-order valence-corrected chi connectivity index (χ2v) is 13.4. The smallest absolute Gasteiger partial charge is 0.151 e. The van der Waals surface area contributed by atoms with Crippen LogP contribution >= 0.6 is 0 Å². The fourth-order valence-corrected chi connectivity index (χ4v) is 9.18. The maximum atomic E-state index is 6.15. The van der Waals surface area contributed by atoms with Crippen molar-refractivity contribution >= 4 is 6.71 Å². The van der Waals surface area contributed by atoms with E-state index in [1.54, 1.807) is 0 Å². The predicted molar refractivity (Wildman–Crippen MR) is 137 cm³/mol. The lowest BCUT2D eigenvalue weighted by atomic mass is 9.25. The van der Waals surface area contributed by atoms with E-state index in [-0.39, 0.29) is 0 Å². The summed E-state index contributed by atoms with van der Waals surface area (Å²) in [7, 11) is 0. The van der Waals surface area contributed by atoms with Crippen LogP contribution in [0.4, 0.5) is 0 Å². The molecule has 4 aliphatic rings. The van der Waals surface area contributed by atoms with Crippen LogP contribution in [0.2, 0.25) is 18.0 Å². The van der Waals surface area contributed by atoms with Gasteiger partial charge < -0.3 is 4.74 Å². The Labute approximate surface area is 197 Å². The molecule has 4 saturated carbocycles. The Morgan fingerprint density at radius 1 is 0.875 bits per heavy atom. The van der Waals surface area contributed by atoms with Gasteiger partial charge >= 0.3 is 0 Å². The zero-order valence-electron chi connectivity index (χ0n) is 21.4. The van der Waals surface area contributed by atoms with Gasteiger partial charge in [-0.05, 0) is 83.2 Å². The molecule has 5 rings (SSSR count). The molecule has 1 aromatic rings. The van der Waals surface area contributed by atoms with Crippen molar-refractivity contribution in [3.63, 3.8) is 0 Å². The number of fused-ring (bicyclic) bond motifs is 2. The van der Waals surface area contributed by atoms with Gasteiger partial charge in [-0.2, -0.15) is 0 Å². The number of rotatable bonds is 7. The third kappa shape index (κ3) is 3.68. The number of benzene rings is 1. The van der Waals surface area contributed by atoms with E-state index in [4.69, 9.17) is 4.74 Å². The Bertz CT molecular complexity index is 800. The standard InChI is InChI=1S/C30H45BO/c1-19(18-32-22-11-9-8-10-12-22)17-31(27-20(2)13-15-23-25(27)29(23,4)5)28-21(3)14-16-24-26(28)30(24,6)7/h8-12,20-21,23-28H,1,13-18H2,2-7H3/t20-,21-,23+,24+,25+,26+,27+,28+/m1/s1.